The zero-order valence-electron chi connectivity index (χ0n) is 21.0. The molecule has 0 unspecified atom stereocenters. The first-order valence-corrected chi connectivity index (χ1v) is 12.7. The molecule has 6 nitrogen and oxygen atoms in total. The molecule has 0 aliphatic heterocycles. The number of nitrogens with zero attached hydrogens (tertiary/aromatic N) is 3. The highest BCUT2D eigenvalue weighted by molar-refractivity contribution is 7.15. The number of amides is 1. The summed E-state index contributed by atoms with van der Waals surface area (Å²) in [5.74, 6) is 0.666. The first kappa shape index (κ1) is 23.8. The molecule has 0 aliphatic carbocycles. The SMILES string of the molecule is CC(=O)Nc1scc(C)c1-c1ccc(C)c(COc2cccc3c(-n4cccn4)cc(C)nc23)c1C. The van der Waals surface area contributed by atoms with Crippen LogP contribution in [0.1, 0.15) is 34.9 Å². The highest BCUT2D eigenvalue weighted by atomic mass is 32.1. The van der Waals surface area contributed by atoms with Gasteiger partial charge in [0, 0.05) is 36.0 Å². The number of benzene rings is 2. The molecule has 1 N–H and O–H groups in total. The molecular formula is C29H28N4O2S. The Balaban J connectivity index is 1.53. The Morgan fingerprint density at radius 1 is 1.08 bits per heavy atom. The zero-order chi connectivity index (χ0) is 25.4. The standard InChI is InChI=1S/C29H28N4O2S/c1-17-10-11-22(27-18(2)16-36-29(27)32-21(5)34)20(4)24(17)15-35-26-9-6-8-23-25(33-13-7-12-30-33)14-19(3)31-28(23)26/h6-14,16H,15H2,1-5H3,(H,32,34). The summed E-state index contributed by atoms with van der Waals surface area (Å²) in [6.07, 6.45) is 3.70. The first-order chi connectivity index (χ1) is 17.3. The number of anilines is 1. The fraction of sp³-hybridized carbons (Fsp3) is 0.207. The largest absolute Gasteiger partial charge is 0.487 e. The van der Waals surface area contributed by atoms with Crippen LogP contribution >= 0.6 is 11.3 Å². The smallest absolute Gasteiger partial charge is 0.221 e. The number of carbonyl (C=O) groups is 1. The van der Waals surface area contributed by atoms with E-state index < -0.39 is 0 Å². The number of para-hydroxylation sites is 1. The number of pyridine rings is 1. The van der Waals surface area contributed by atoms with Crippen LogP contribution in [0, 0.1) is 27.7 Å². The van der Waals surface area contributed by atoms with E-state index in [1.807, 2.05) is 48.1 Å². The summed E-state index contributed by atoms with van der Waals surface area (Å²) in [5, 5.41) is 11.3. The van der Waals surface area contributed by atoms with Crippen LogP contribution in [0.4, 0.5) is 5.00 Å². The van der Waals surface area contributed by atoms with Crippen molar-refractivity contribution in [1.29, 1.82) is 0 Å². The van der Waals surface area contributed by atoms with Crippen molar-refractivity contribution in [2.75, 3.05) is 5.32 Å². The van der Waals surface area contributed by atoms with Gasteiger partial charge in [0.1, 0.15) is 22.9 Å². The molecule has 0 radical (unpaired) electrons. The van der Waals surface area contributed by atoms with Gasteiger partial charge < -0.3 is 10.1 Å². The summed E-state index contributed by atoms with van der Waals surface area (Å²) in [7, 11) is 0. The summed E-state index contributed by atoms with van der Waals surface area (Å²) in [5.41, 5.74) is 9.44. The van der Waals surface area contributed by atoms with Gasteiger partial charge in [-0.2, -0.15) is 5.10 Å². The van der Waals surface area contributed by atoms with Gasteiger partial charge in [0.25, 0.3) is 0 Å². The van der Waals surface area contributed by atoms with Crippen molar-refractivity contribution in [3.05, 3.63) is 88.2 Å². The van der Waals surface area contributed by atoms with Gasteiger partial charge >= 0.3 is 0 Å². The molecule has 7 heteroatoms. The van der Waals surface area contributed by atoms with E-state index in [0.29, 0.717) is 6.61 Å². The van der Waals surface area contributed by atoms with Gasteiger partial charge in [-0.3, -0.25) is 4.79 Å². The molecule has 36 heavy (non-hydrogen) atoms. The summed E-state index contributed by atoms with van der Waals surface area (Å²) in [4.78, 5) is 16.6. The highest BCUT2D eigenvalue weighted by Crippen LogP contribution is 2.40. The second-order valence-electron chi connectivity index (χ2n) is 9.01. The molecular weight excluding hydrogens is 468 g/mol. The monoisotopic (exact) mass is 496 g/mol. The number of nitrogens with one attached hydrogen (secondary N) is 1. The summed E-state index contributed by atoms with van der Waals surface area (Å²) in [6.45, 7) is 10.2. The average Bonchev–Trinajstić information content (AvgIpc) is 3.49. The number of hydrogen-bond donors (Lipinski definition) is 1. The molecule has 5 rings (SSSR count). The molecule has 5 aromatic rings. The quantitative estimate of drug-likeness (QED) is 0.277. The molecule has 0 aliphatic rings. The van der Waals surface area contributed by atoms with Gasteiger partial charge in [-0.15, -0.1) is 11.3 Å². The summed E-state index contributed by atoms with van der Waals surface area (Å²) >= 11 is 1.55. The van der Waals surface area contributed by atoms with Crippen molar-refractivity contribution in [2.24, 2.45) is 0 Å². The average molecular weight is 497 g/mol. The fourth-order valence-corrected chi connectivity index (χ4v) is 5.62. The summed E-state index contributed by atoms with van der Waals surface area (Å²) in [6, 6.07) is 14.2. The van der Waals surface area contributed by atoms with Crippen LogP contribution in [-0.2, 0) is 11.4 Å². The molecule has 182 valence electrons. The number of fused-ring (bicyclic) bond motifs is 1. The summed E-state index contributed by atoms with van der Waals surface area (Å²) < 4.78 is 8.29. The van der Waals surface area contributed by atoms with Gasteiger partial charge in [0.05, 0.1) is 5.69 Å². The van der Waals surface area contributed by atoms with Crippen molar-refractivity contribution in [3.63, 3.8) is 0 Å². The van der Waals surface area contributed by atoms with Crippen molar-refractivity contribution < 1.29 is 9.53 Å². The number of hydrogen-bond acceptors (Lipinski definition) is 5. The topological polar surface area (TPSA) is 69.0 Å². The van der Waals surface area contributed by atoms with Crippen LogP contribution in [0.25, 0.3) is 27.7 Å². The van der Waals surface area contributed by atoms with Crippen LogP contribution in [0.5, 0.6) is 5.75 Å². The van der Waals surface area contributed by atoms with Crippen molar-refractivity contribution >= 4 is 33.1 Å². The number of aromatic nitrogens is 3. The lowest BCUT2D eigenvalue weighted by molar-refractivity contribution is -0.114. The van der Waals surface area contributed by atoms with Crippen molar-refractivity contribution in [1.82, 2.24) is 14.8 Å². The molecule has 0 fully saturated rings. The zero-order valence-corrected chi connectivity index (χ0v) is 21.9. The Kier molecular flexibility index (Phi) is 6.33. The van der Waals surface area contributed by atoms with Crippen LogP contribution in [0.3, 0.4) is 0 Å². The minimum atomic E-state index is -0.0698. The molecule has 0 saturated heterocycles. The second-order valence-corrected chi connectivity index (χ2v) is 9.89. The van der Waals surface area contributed by atoms with Crippen LogP contribution < -0.4 is 10.1 Å². The predicted octanol–water partition coefficient (Wildman–Crippen LogP) is 6.92. The van der Waals surface area contributed by atoms with E-state index in [-0.39, 0.29) is 5.91 Å². The molecule has 0 saturated carbocycles. The maximum atomic E-state index is 11.8. The second kappa shape index (κ2) is 9.59. The molecule has 2 aromatic carbocycles. The molecule has 0 atom stereocenters. The van der Waals surface area contributed by atoms with E-state index in [4.69, 9.17) is 9.72 Å². The lowest BCUT2D eigenvalue weighted by atomic mass is 9.93. The Morgan fingerprint density at radius 2 is 1.92 bits per heavy atom. The number of thiophene rings is 1. The van der Waals surface area contributed by atoms with Gasteiger partial charge in [0.2, 0.25) is 5.91 Å². The van der Waals surface area contributed by atoms with Crippen LogP contribution in [0.2, 0.25) is 0 Å². The molecule has 3 aromatic heterocycles. The number of aryl methyl sites for hydroxylation is 3. The van der Waals surface area contributed by atoms with E-state index in [9.17, 15) is 4.79 Å². The minimum absolute atomic E-state index is 0.0698. The lowest BCUT2D eigenvalue weighted by Crippen LogP contribution is -2.07. The number of carbonyl (C=O) groups excluding carboxylic acids is 1. The lowest BCUT2D eigenvalue weighted by Gasteiger charge is -2.18. The minimum Gasteiger partial charge on any atom is -0.487 e. The Morgan fingerprint density at radius 3 is 2.67 bits per heavy atom. The van der Waals surface area contributed by atoms with E-state index in [1.165, 1.54) is 6.92 Å². The predicted molar refractivity (Wildman–Crippen MR) is 146 cm³/mol. The van der Waals surface area contributed by atoms with E-state index in [1.54, 1.807) is 17.5 Å². The van der Waals surface area contributed by atoms with E-state index >= 15 is 0 Å². The van der Waals surface area contributed by atoms with E-state index in [0.717, 1.165) is 66.4 Å². The highest BCUT2D eigenvalue weighted by Gasteiger charge is 2.18. The molecule has 1 amide bonds. The van der Waals surface area contributed by atoms with Gasteiger partial charge in [-0.1, -0.05) is 24.3 Å². The molecule has 0 bridgehead atoms. The first-order valence-electron chi connectivity index (χ1n) is 11.8. The Labute approximate surface area is 214 Å². The van der Waals surface area contributed by atoms with Crippen molar-refractivity contribution in [2.45, 2.75) is 41.2 Å². The maximum Gasteiger partial charge on any atom is 0.221 e. The third-order valence-corrected chi connectivity index (χ3v) is 7.41. The fourth-order valence-electron chi connectivity index (χ4n) is 4.61. The Hall–Kier alpha value is -3.97. The van der Waals surface area contributed by atoms with Gasteiger partial charge in [0.15, 0.2) is 0 Å². The third kappa shape index (κ3) is 4.38. The Bertz CT molecular complexity index is 1590. The van der Waals surface area contributed by atoms with E-state index in [2.05, 4.69) is 48.7 Å². The third-order valence-electron chi connectivity index (χ3n) is 6.40. The van der Waals surface area contributed by atoms with Gasteiger partial charge in [-0.05, 0) is 79.1 Å². The maximum absolute atomic E-state index is 11.8. The molecule has 0 spiro atoms. The molecule has 3 heterocycles. The number of rotatable bonds is 6. The normalized spacial score (nSPS) is 11.1. The number of ether oxygens (including phenoxy) is 1. The van der Waals surface area contributed by atoms with Crippen LogP contribution in [-0.4, -0.2) is 20.7 Å². The van der Waals surface area contributed by atoms with Crippen LogP contribution in [0.15, 0.2) is 60.2 Å². The van der Waals surface area contributed by atoms with Crippen molar-refractivity contribution in [3.8, 4) is 22.6 Å². The van der Waals surface area contributed by atoms with Gasteiger partial charge in [-0.25, -0.2) is 9.67 Å².